The molecule has 1 fully saturated rings. The summed E-state index contributed by atoms with van der Waals surface area (Å²) in [7, 11) is 0. The van der Waals surface area contributed by atoms with Gasteiger partial charge in [-0.05, 0) is 26.0 Å². The number of amides is 1. The van der Waals surface area contributed by atoms with Gasteiger partial charge in [-0.2, -0.15) is 0 Å². The minimum Gasteiger partial charge on any atom is -0.372 e. The fourth-order valence-electron chi connectivity index (χ4n) is 3.23. The van der Waals surface area contributed by atoms with E-state index in [2.05, 4.69) is 25.3 Å². The number of aromatic nitrogens is 4. The van der Waals surface area contributed by atoms with Gasteiger partial charge in [0.2, 0.25) is 0 Å². The Kier molecular flexibility index (Phi) is 4.44. The average Bonchev–Trinajstić information content (AvgIpc) is 3.04. The molecule has 140 valence electrons. The van der Waals surface area contributed by atoms with Crippen molar-refractivity contribution < 1.29 is 13.9 Å². The van der Waals surface area contributed by atoms with E-state index in [9.17, 15) is 9.18 Å². The Bertz CT molecular complexity index is 981. The first-order valence-electron chi connectivity index (χ1n) is 8.66. The van der Waals surface area contributed by atoms with Gasteiger partial charge >= 0.3 is 0 Å². The van der Waals surface area contributed by atoms with Gasteiger partial charge < -0.3 is 15.0 Å². The summed E-state index contributed by atoms with van der Waals surface area (Å²) in [5.74, 6) is -0.228. The topological polar surface area (TPSA) is 84.7 Å². The monoisotopic (exact) mass is 370 g/mol. The summed E-state index contributed by atoms with van der Waals surface area (Å²) in [4.78, 5) is 22.7. The van der Waals surface area contributed by atoms with Crippen LogP contribution in [0.25, 0.3) is 5.65 Å². The minimum absolute atomic E-state index is 0.0947. The highest BCUT2D eigenvalue weighted by Crippen LogP contribution is 2.19. The molecule has 1 amide bonds. The molecular formula is C18H19FN6O2. The van der Waals surface area contributed by atoms with Crippen LogP contribution in [0.3, 0.4) is 0 Å². The van der Waals surface area contributed by atoms with Crippen molar-refractivity contribution in [3.63, 3.8) is 0 Å². The summed E-state index contributed by atoms with van der Waals surface area (Å²) < 4.78 is 20.5. The molecule has 1 aliphatic rings. The third-order valence-electron chi connectivity index (χ3n) is 4.29. The van der Waals surface area contributed by atoms with Crippen LogP contribution in [0.15, 0.2) is 36.8 Å². The smallest absolute Gasteiger partial charge is 0.276 e. The standard InChI is InChI=1S/C18H19FN6O2/c1-11-9-24(10-12(2)27-11)17-4-3-16-21-8-15(25(16)23-17)18(26)22-14-5-13(19)6-20-7-14/h3-8,11-12H,9-10H2,1-2H3,(H,22,26)/t11-,12+. The molecule has 1 saturated heterocycles. The van der Waals surface area contributed by atoms with Crippen molar-refractivity contribution in [3.05, 3.63) is 48.3 Å². The number of carbonyl (C=O) groups is 1. The highest BCUT2D eigenvalue weighted by atomic mass is 19.1. The quantitative estimate of drug-likeness (QED) is 0.760. The number of pyridine rings is 1. The van der Waals surface area contributed by atoms with Gasteiger partial charge in [0.15, 0.2) is 11.3 Å². The molecule has 1 aliphatic heterocycles. The van der Waals surface area contributed by atoms with Crippen LogP contribution in [-0.2, 0) is 4.74 Å². The van der Waals surface area contributed by atoms with Crippen molar-refractivity contribution in [1.82, 2.24) is 19.6 Å². The van der Waals surface area contributed by atoms with Crippen LogP contribution in [0.4, 0.5) is 15.9 Å². The van der Waals surface area contributed by atoms with Crippen molar-refractivity contribution in [3.8, 4) is 0 Å². The molecule has 1 N–H and O–H groups in total. The molecule has 0 saturated carbocycles. The van der Waals surface area contributed by atoms with Crippen LogP contribution < -0.4 is 10.2 Å². The van der Waals surface area contributed by atoms with Gasteiger partial charge in [-0.25, -0.2) is 13.9 Å². The lowest BCUT2D eigenvalue weighted by molar-refractivity contribution is -0.00552. The number of nitrogens with zero attached hydrogens (tertiary/aromatic N) is 5. The lowest BCUT2D eigenvalue weighted by Crippen LogP contribution is -2.46. The number of morpholine rings is 1. The molecule has 0 unspecified atom stereocenters. The average molecular weight is 370 g/mol. The summed E-state index contributed by atoms with van der Waals surface area (Å²) in [5.41, 5.74) is 1.07. The van der Waals surface area contributed by atoms with Crippen molar-refractivity contribution >= 4 is 23.1 Å². The van der Waals surface area contributed by atoms with Crippen LogP contribution in [-0.4, -0.2) is 50.8 Å². The molecule has 4 rings (SSSR count). The van der Waals surface area contributed by atoms with Gasteiger partial charge in [-0.1, -0.05) is 0 Å². The first-order chi connectivity index (χ1) is 13.0. The lowest BCUT2D eigenvalue weighted by atomic mass is 10.2. The summed E-state index contributed by atoms with van der Waals surface area (Å²) in [6.07, 6.45) is 4.08. The van der Waals surface area contributed by atoms with E-state index in [-0.39, 0.29) is 23.6 Å². The van der Waals surface area contributed by atoms with Crippen LogP contribution >= 0.6 is 0 Å². The van der Waals surface area contributed by atoms with E-state index >= 15 is 0 Å². The van der Waals surface area contributed by atoms with Crippen LogP contribution in [0.5, 0.6) is 0 Å². The molecule has 4 heterocycles. The van der Waals surface area contributed by atoms with E-state index in [1.54, 1.807) is 0 Å². The Balaban J connectivity index is 1.63. The minimum atomic E-state index is -0.526. The van der Waals surface area contributed by atoms with Gasteiger partial charge in [-0.15, -0.1) is 5.10 Å². The molecule has 8 nitrogen and oxygen atoms in total. The molecule has 0 aromatic carbocycles. The summed E-state index contributed by atoms with van der Waals surface area (Å²) in [5, 5.41) is 7.20. The Morgan fingerprint density at radius 1 is 1.22 bits per heavy atom. The lowest BCUT2D eigenvalue weighted by Gasteiger charge is -2.35. The summed E-state index contributed by atoms with van der Waals surface area (Å²) >= 11 is 0. The normalized spacial score (nSPS) is 20.0. The van der Waals surface area contributed by atoms with Crippen molar-refractivity contribution in [2.75, 3.05) is 23.3 Å². The second-order valence-electron chi connectivity index (χ2n) is 6.61. The number of rotatable bonds is 3. The van der Waals surface area contributed by atoms with Gasteiger partial charge in [-0.3, -0.25) is 9.78 Å². The number of imidazole rings is 1. The molecule has 0 radical (unpaired) electrons. The maximum absolute atomic E-state index is 13.3. The van der Waals surface area contributed by atoms with E-state index < -0.39 is 11.7 Å². The van der Waals surface area contributed by atoms with E-state index in [0.717, 1.165) is 12.0 Å². The largest absolute Gasteiger partial charge is 0.372 e. The zero-order valence-corrected chi connectivity index (χ0v) is 15.0. The van der Waals surface area contributed by atoms with Crippen molar-refractivity contribution in [2.24, 2.45) is 0 Å². The number of hydrogen-bond acceptors (Lipinski definition) is 6. The molecule has 9 heteroatoms. The van der Waals surface area contributed by atoms with Crippen LogP contribution in [0.1, 0.15) is 24.3 Å². The maximum atomic E-state index is 13.3. The highest BCUT2D eigenvalue weighted by molar-refractivity contribution is 6.03. The molecule has 0 bridgehead atoms. The number of nitrogens with one attached hydrogen (secondary N) is 1. The zero-order chi connectivity index (χ0) is 19.0. The molecule has 0 spiro atoms. The fourth-order valence-corrected chi connectivity index (χ4v) is 3.23. The maximum Gasteiger partial charge on any atom is 0.276 e. The second-order valence-corrected chi connectivity index (χ2v) is 6.61. The molecule has 0 aliphatic carbocycles. The first kappa shape index (κ1) is 17.3. The fraction of sp³-hybridized carbons (Fsp3) is 0.333. The van der Waals surface area contributed by atoms with Gasteiger partial charge in [0.05, 0.1) is 36.5 Å². The number of hydrogen-bond donors (Lipinski definition) is 1. The number of halogens is 1. The Morgan fingerprint density at radius 2 is 2.00 bits per heavy atom. The SMILES string of the molecule is C[C@@H]1CN(c2ccc3ncc(C(=O)Nc4cncc(F)c4)n3n2)C[C@H](C)O1. The van der Waals surface area contributed by atoms with Crippen molar-refractivity contribution in [2.45, 2.75) is 26.1 Å². The highest BCUT2D eigenvalue weighted by Gasteiger charge is 2.24. The summed E-state index contributed by atoms with van der Waals surface area (Å²) in [6.45, 7) is 5.47. The third-order valence-corrected chi connectivity index (χ3v) is 4.29. The third kappa shape index (κ3) is 3.59. The predicted octanol–water partition coefficient (Wildman–Crippen LogP) is 2.13. The Morgan fingerprint density at radius 3 is 2.74 bits per heavy atom. The Labute approximate surface area is 155 Å². The van der Waals surface area contributed by atoms with Crippen molar-refractivity contribution in [1.29, 1.82) is 0 Å². The number of ether oxygens (including phenoxy) is 1. The number of anilines is 2. The van der Waals surface area contributed by atoms with E-state index in [0.29, 0.717) is 18.7 Å². The van der Waals surface area contributed by atoms with Gasteiger partial charge in [0, 0.05) is 19.2 Å². The van der Waals surface area contributed by atoms with E-state index in [1.807, 2.05) is 26.0 Å². The summed E-state index contributed by atoms with van der Waals surface area (Å²) in [6, 6.07) is 4.89. The van der Waals surface area contributed by atoms with E-state index in [1.165, 1.54) is 23.0 Å². The molecule has 2 atom stereocenters. The molecular weight excluding hydrogens is 351 g/mol. The van der Waals surface area contributed by atoms with Gasteiger partial charge in [0.25, 0.3) is 5.91 Å². The molecule has 3 aromatic rings. The second kappa shape index (κ2) is 6.92. The Hall–Kier alpha value is -3.07. The number of carbonyl (C=O) groups excluding carboxylic acids is 1. The van der Waals surface area contributed by atoms with E-state index in [4.69, 9.17) is 4.74 Å². The predicted molar refractivity (Wildman–Crippen MR) is 97.4 cm³/mol. The van der Waals surface area contributed by atoms with Gasteiger partial charge in [0.1, 0.15) is 11.6 Å². The van der Waals surface area contributed by atoms with Crippen LogP contribution in [0, 0.1) is 5.82 Å². The molecule has 27 heavy (non-hydrogen) atoms. The number of fused-ring (bicyclic) bond motifs is 1. The molecule has 3 aromatic heterocycles. The zero-order valence-electron chi connectivity index (χ0n) is 15.0. The first-order valence-corrected chi connectivity index (χ1v) is 8.66. The van der Waals surface area contributed by atoms with Crippen LogP contribution in [0.2, 0.25) is 0 Å².